The standard InChI is InChI=1S/C11H19N3O/c1-5-6-7(2)15-11-8(3)10(12)13-9(4)14-11/h7H,5-6H2,1-4H3,(H2,12,13,14). The van der Waals surface area contributed by atoms with Crippen molar-refractivity contribution >= 4 is 5.82 Å². The highest BCUT2D eigenvalue weighted by Crippen LogP contribution is 2.21. The highest BCUT2D eigenvalue weighted by Gasteiger charge is 2.10. The van der Waals surface area contributed by atoms with Crippen LogP contribution in [0.4, 0.5) is 5.82 Å². The molecular formula is C11H19N3O. The van der Waals surface area contributed by atoms with Crippen LogP contribution in [0.25, 0.3) is 0 Å². The number of aromatic nitrogens is 2. The molecule has 15 heavy (non-hydrogen) atoms. The van der Waals surface area contributed by atoms with Gasteiger partial charge < -0.3 is 10.5 Å². The number of nitrogen functional groups attached to an aromatic ring is 1. The van der Waals surface area contributed by atoms with Crippen LogP contribution in [0.2, 0.25) is 0 Å². The van der Waals surface area contributed by atoms with Gasteiger partial charge in [0.25, 0.3) is 0 Å². The van der Waals surface area contributed by atoms with Crippen molar-refractivity contribution in [2.75, 3.05) is 5.73 Å². The van der Waals surface area contributed by atoms with E-state index in [4.69, 9.17) is 10.5 Å². The van der Waals surface area contributed by atoms with E-state index in [0.717, 1.165) is 18.4 Å². The van der Waals surface area contributed by atoms with E-state index in [1.54, 1.807) is 0 Å². The third kappa shape index (κ3) is 3.08. The molecule has 0 radical (unpaired) electrons. The van der Waals surface area contributed by atoms with E-state index in [9.17, 15) is 0 Å². The molecule has 1 heterocycles. The zero-order valence-corrected chi connectivity index (χ0v) is 9.87. The lowest BCUT2D eigenvalue weighted by Crippen LogP contribution is -2.14. The second-order valence-corrected chi connectivity index (χ2v) is 3.80. The summed E-state index contributed by atoms with van der Waals surface area (Å²) in [7, 11) is 0. The first-order valence-corrected chi connectivity index (χ1v) is 5.32. The Bertz CT molecular complexity index is 339. The predicted octanol–water partition coefficient (Wildman–Crippen LogP) is 2.24. The van der Waals surface area contributed by atoms with Crippen LogP contribution in [0.15, 0.2) is 0 Å². The first-order chi connectivity index (χ1) is 7.04. The van der Waals surface area contributed by atoms with Crippen molar-refractivity contribution in [3.63, 3.8) is 0 Å². The van der Waals surface area contributed by atoms with Crippen LogP contribution in [0.3, 0.4) is 0 Å². The topological polar surface area (TPSA) is 61.0 Å². The third-order valence-corrected chi connectivity index (χ3v) is 2.26. The Morgan fingerprint density at radius 3 is 2.60 bits per heavy atom. The maximum atomic E-state index is 5.74. The van der Waals surface area contributed by atoms with Crippen LogP contribution in [0, 0.1) is 13.8 Å². The second-order valence-electron chi connectivity index (χ2n) is 3.80. The number of nitrogens with zero attached hydrogens (tertiary/aromatic N) is 2. The van der Waals surface area contributed by atoms with E-state index in [0.29, 0.717) is 17.5 Å². The van der Waals surface area contributed by atoms with Crippen molar-refractivity contribution in [2.45, 2.75) is 46.6 Å². The fraction of sp³-hybridized carbons (Fsp3) is 0.636. The molecule has 0 aromatic carbocycles. The van der Waals surface area contributed by atoms with Gasteiger partial charge in [-0.2, -0.15) is 4.98 Å². The molecule has 0 fully saturated rings. The normalized spacial score (nSPS) is 12.5. The minimum absolute atomic E-state index is 0.169. The van der Waals surface area contributed by atoms with Crippen LogP contribution < -0.4 is 10.5 Å². The van der Waals surface area contributed by atoms with E-state index in [-0.39, 0.29) is 6.10 Å². The van der Waals surface area contributed by atoms with E-state index in [1.165, 1.54) is 0 Å². The molecule has 1 aromatic heterocycles. The van der Waals surface area contributed by atoms with Gasteiger partial charge in [-0.05, 0) is 27.2 Å². The minimum atomic E-state index is 0.169. The molecule has 1 unspecified atom stereocenters. The highest BCUT2D eigenvalue weighted by atomic mass is 16.5. The molecule has 1 rings (SSSR count). The molecule has 0 saturated carbocycles. The second kappa shape index (κ2) is 4.96. The van der Waals surface area contributed by atoms with Crippen molar-refractivity contribution in [1.82, 2.24) is 9.97 Å². The minimum Gasteiger partial charge on any atom is -0.474 e. The first-order valence-electron chi connectivity index (χ1n) is 5.32. The van der Waals surface area contributed by atoms with Crippen LogP contribution in [0.1, 0.15) is 38.1 Å². The Morgan fingerprint density at radius 2 is 2.00 bits per heavy atom. The van der Waals surface area contributed by atoms with Crippen molar-refractivity contribution in [2.24, 2.45) is 0 Å². The average Bonchev–Trinajstić information content (AvgIpc) is 2.13. The summed E-state index contributed by atoms with van der Waals surface area (Å²) in [6, 6.07) is 0. The summed E-state index contributed by atoms with van der Waals surface area (Å²) in [6.45, 7) is 7.86. The zero-order chi connectivity index (χ0) is 11.4. The van der Waals surface area contributed by atoms with Crippen molar-refractivity contribution in [3.05, 3.63) is 11.4 Å². The zero-order valence-electron chi connectivity index (χ0n) is 9.87. The van der Waals surface area contributed by atoms with Gasteiger partial charge >= 0.3 is 0 Å². The smallest absolute Gasteiger partial charge is 0.222 e. The highest BCUT2D eigenvalue weighted by molar-refractivity contribution is 5.44. The Morgan fingerprint density at radius 1 is 1.33 bits per heavy atom. The lowest BCUT2D eigenvalue weighted by atomic mass is 10.2. The van der Waals surface area contributed by atoms with Gasteiger partial charge in [0.2, 0.25) is 5.88 Å². The van der Waals surface area contributed by atoms with Crippen LogP contribution in [-0.4, -0.2) is 16.1 Å². The molecule has 0 aliphatic rings. The molecule has 0 saturated heterocycles. The number of hydrogen-bond donors (Lipinski definition) is 1. The monoisotopic (exact) mass is 209 g/mol. The quantitative estimate of drug-likeness (QED) is 0.826. The predicted molar refractivity (Wildman–Crippen MR) is 60.9 cm³/mol. The molecule has 84 valence electrons. The SMILES string of the molecule is CCCC(C)Oc1nc(C)nc(N)c1C. The summed E-state index contributed by atoms with van der Waals surface area (Å²) in [6.07, 6.45) is 2.28. The van der Waals surface area contributed by atoms with Gasteiger partial charge in [0.15, 0.2) is 0 Å². The Labute approximate surface area is 90.9 Å². The summed E-state index contributed by atoms with van der Waals surface area (Å²) in [5.41, 5.74) is 6.56. The fourth-order valence-corrected chi connectivity index (χ4v) is 1.39. The summed E-state index contributed by atoms with van der Waals surface area (Å²) in [5, 5.41) is 0. The lowest BCUT2D eigenvalue weighted by molar-refractivity contribution is 0.199. The number of hydrogen-bond acceptors (Lipinski definition) is 4. The number of aryl methyl sites for hydroxylation is 1. The molecule has 0 spiro atoms. The van der Waals surface area contributed by atoms with Crippen molar-refractivity contribution < 1.29 is 4.74 Å². The van der Waals surface area contributed by atoms with Gasteiger partial charge in [-0.25, -0.2) is 4.98 Å². The number of nitrogens with two attached hydrogens (primary N) is 1. The fourth-order valence-electron chi connectivity index (χ4n) is 1.39. The van der Waals surface area contributed by atoms with Crippen LogP contribution >= 0.6 is 0 Å². The van der Waals surface area contributed by atoms with Gasteiger partial charge in [0.05, 0.1) is 11.7 Å². The van der Waals surface area contributed by atoms with E-state index in [2.05, 4.69) is 16.9 Å². The number of ether oxygens (including phenoxy) is 1. The molecule has 4 heteroatoms. The molecule has 4 nitrogen and oxygen atoms in total. The van der Waals surface area contributed by atoms with Gasteiger partial charge in [0, 0.05) is 0 Å². The largest absolute Gasteiger partial charge is 0.474 e. The molecule has 0 amide bonds. The Hall–Kier alpha value is -1.32. The Kier molecular flexibility index (Phi) is 3.88. The summed E-state index contributed by atoms with van der Waals surface area (Å²) in [5.74, 6) is 1.76. The van der Waals surface area contributed by atoms with Gasteiger partial charge in [0.1, 0.15) is 11.6 Å². The van der Waals surface area contributed by atoms with E-state index < -0.39 is 0 Å². The summed E-state index contributed by atoms with van der Waals surface area (Å²) >= 11 is 0. The Balaban J connectivity index is 2.84. The van der Waals surface area contributed by atoms with Crippen molar-refractivity contribution in [1.29, 1.82) is 0 Å². The van der Waals surface area contributed by atoms with Crippen LogP contribution in [-0.2, 0) is 0 Å². The van der Waals surface area contributed by atoms with E-state index in [1.807, 2.05) is 20.8 Å². The molecule has 1 aromatic rings. The molecule has 1 atom stereocenters. The van der Waals surface area contributed by atoms with Gasteiger partial charge in [-0.1, -0.05) is 13.3 Å². The average molecular weight is 209 g/mol. The molecule has 0 bridgehead atoms. The van der Waals surface area contributed by atoms with Gasteiger partial charge in [-0.15, -0.1) is 0 Å². The summed E-state index contributed by atoms with van der Waals surface area (Å²) < 4.78 is 5.72. The molecular weight excluding hydrogens is 190 g/mol. The maximum absolute atomic E-state index is 5.74. The maximum Gasteiger partial charge on any atom is 0.222 e. The molecule has 2 N–H and O–H groups in total. The molecule has 0 aliphatic carbocycles. The first kappa shape index (κ1) is 11.8. The van der Waals surface area contributed by atoms with E-state index >= 15 is 0 Å². The van der Waals surface area contributed by atoms with Crippen molar-refractivity contribution in [3.8, 4) is 5.88 Å². The lowest BCUT2D eigenvalue weighted by Gasteiger charge is -2.15. The number of rotatable bonds is 4. The van der Waals surface area contributed by atoms with Gasteiger partial charge in [-0.3, -0.25) is 0 Å². The molecule has 0 aliphatic heterocycles. The third-order valence-electron chi connectivity index (χ3n) is 2.26. The van der Waals surface area contributed by atoms with Crippen LogP contribution in [0.5, 0.6) is 5.88 Å². The summed E-state index contributed by atoms with van der Waals surface area (Å²) in [4.78, 5) is 8.32. The number of anilines is 1.